The van der Waals surface area contributed by atoms with Gasteiger partial charge in [0, 0.05) is 31.4 Å². The largest absolute Gasteiger partial charge is 0.357 e. The summed E-state index contributed by atoms with van der Waals surface area (Å²) in [5.41, 5.74) is 1.16. The molecule has 1 heterocycles. The molecule has 0 aliphatic carbocycles. The van der Waals surface area contributed by atoms with E-state index in [9.17, 15) is 0 Å². The van der Waals surface area contributed by atoms with Crippen molar-refractivity contribution in [2.45, 2.75) is 47.2 Å². The van der Waals surface area contributed by atoms with Gasteiger partial charge >= 0.3 is 0 Å². The van der Waals surface area contributed by atoms with Gasteiger partial charge in [-0.3, -0.25) is 0 Å². The zero-order valence-electron chi connectivity index (χ0n) is 12.5. The van der Waals surface area contributed by atoms with Crippen LogP contribution in [0.3, 0.4) is 0 Å². The average molecular weight is 250 g/mol. The van der Waals surface area contributed by atoms with Gasteiger partial charge in [0.1, 0.15) is 11.6 Å². The van der Waals surface area contributed by atoms with Crippen molar-refractivity contribution >= 4 is 5.82 Å². The third-order valence-electron chi connectivity index (χ3n) is 2.94. The Morgan fingerprint density at radius 3 is 2.50 bits per heavy atom. The van der Waals surface area contributed by atoms with Crippen molar-refractivity contribution in [3.63, 3.8) is 0 Å². The van der Waals surface area contributed by atoms with Gasteiger partial charge in [-0.2, -0.15) is 0 Å². The van der Waals surface area contributed by atoms with Crippen LogP contribution in [0.4, 0.5) is 5.82 Å². The Bertz CT molecular complexity index is 374. The highest BCUT2D eigenvalue weighted by Gasteiger charge is 2.12. The van der Waals surface area contributed by atoms with Crippen LogP contribution in [-0.2, 0) is 6.54 Å². The SMILES string of the molecule is Cc1ncc(CNCC(C)C)c(N(C)C(C)C)n1. The molecule has 4 nitrogen and oxygen atoms in total. The quantitative estimate of drug-likeness (QED) is 0.841. The number of rotatable bonds is 6. The second-order valence-corrected chi connectivity index (χ2v) is 5.50. The maximum atomic E-state index is 4.57. The molecule has 0 unspecified atom stereocenters. The Hall–Kier alpha value is -1.16. The normalized spacial score (nSPS) is 11.3. The van der Waals surface area contributed by atoms with E-state index >= 15 is 0 Å². The lowest BCUT2D eigenvalue weighted by atomic mass is 10.2. The lowest BCUT2D eigenvalue weighted by Crippen LogP contribution is -2.29. The van der Waals surface area contributed by atoms with Gasteiger partial charge in [0.05, 0.1) is 0 Å². The number of nitrogens with one attached hydrogen (secondary N) is 1. The number of aromatic nitrogens is 2. The highest BCUT2D eigenvalue weighted by Crippen LogP contribution is 2.17. The van der Waals surface area contributed by atoms with E-state index < -0.39 is 0 Å². The second-order valence-electron chi connectivity index (χ2n) is 5.50. The van der Waals surface area contributed by atoms with Crippen molar-refractivity contribution in [1.29, 1.82) is 0 Å². The van der Waals surface area contributed by atoms with Crippen LogP contribution in [0.1, 0.15) is 39.1 Å². The Labute approximate surface area is 111 Å². The van der Waals surface area contributed by atoms with Crippen LogP contribution in [0.5, 0.6) is 0 Å². The third-order valence-corrected chi connectivity index (χ3v) is 2.94. The summed E-state index contributed by atoms with van der Waals surface area (Å²) in [5, 5.41) is 3.45. The minimum atomic E-state index is 0.433. The summed E-state index contributed by atoms with van der Waals surface area (Å²) in [6.07, 6.45) is 1.93. The van der Waals surface area contributed by atoms with Gasteiger partial charge in [-0.1, -0.05) is 13.8 Å². The van der Waals surface area contributed by atoms with E-state index in [1.54, 1.807) is 0 Å². The first-order valence-electron chi connectivity index (χ1n) is 6.68. The molecule has 0 spiro atoms. The molecule has 1 aromatic rings. The molecule has 0 fully saturated rings. The van der Waals surface area contributed by atoms with Gasteiger partial charge in [-0.05, 0) is 33.2 Å². The Morgan fingerprint density at radius 1 is 1.28 bits per heavy atom. The van der Waals surface area contributed by atoms with Gasteiger partial charge < -0.3 is 10.2 Å². The standard InChI is InChI=1S/C14H26N4/c1-10(2)7-15-8-13-9-16-12(5)17-14(13)18(6)11(3)4/h9-11,15H,7-8H2,1-6H3. The molecule has 0 bridgehead atoms. The molecule has 0 saturated carbocycles. The number of anilines is 1. The lowest BCUT2D eigenvalue weighted by molar-refractivity contribution is 0.550. The summed E-state index contributed by atoms with van der Waals surface area (Å²) in [4.78, 5) is 11.1. The third kappa shape index (κ3) is 4.26. The minimum absolute atomic E-state index is 0.433. The topological polar surface area (TPSA) is 41.1 Å². The smallest absolute Gasteiger partial charge is 0.136 e. The van der Waals surface area contributed by atoms with Crippen molar-refractivity contribution in [3.8, 4) is 0 Å². The van der Waals surface area contributed by atoms with Gasteiger partial charge in [-0.15, -0.1) is 0 Å². The van der Waals surface area contributed by atoms with E-state index in [-0.39, 0.29) is 0 Å². The molecule has 0 aliphatic heterocycles. The van der Waals surface area contributed by atoms with Crippen molar-refractivity contribution < 1.29 is 0 Å². The second kappa shape index (κ2) is 6.69. The zero-order valence-corrected chi connectivity index (χ0v) is 12.5. The minimum Gasteiger partial charge on any atom is -0.357 e. The molecular weight excluding hydrogens is 224 g/mol. The van der Waals surface area contributed by atoms with Crippen molar-refractivity contribution in [2.75, 3.05) is 18.5 Å². The molecule has 18 heavy (non-hydrogen) atoms. The predicted octanol–water partition coefficient (Wildman–Crippen LogP) is 2.38. The Balaban J connectivity index is 2.83. The predicted molar refractivity (Wildman–Crippen MR) is 76.9 cm³/mol. The first kappa shape index (κ1) is 14.9. The number of nitrogens with zero attached hydrogens (tertiary/aromatic N) is 3. The fourth-order valence-electron chi connectivity index (χ4n) is 1.65. The molecule has 0 aliphatic rings. The van der Waals surface area contributed by atoms with E-state index in [2.05, 4.69) is 54.9 Å². The van der Waals surface area contributed by atoms with Crippen LogP contribution in [-0.4, -0.2) is 29.6 Å². The number of aryl methyl sites for hydroxylation is 1. The van der Waals surface area contributed by atoms with Gasteiger partial charge in [0.15, 0.2) is 0 Å². The van der Waals surface area contributed by atoms with Crippen LogP contribution in [0, 0.1) is 12.8 Å². The molecule has 1 rings (SSSR count). The molecule has 0 atom stereocenters. The number of hydrogen-bond acceptors (Lipinski definition) is 4. The summed E-state index contributed by atoms with van der Waals surface area (Å²) in [6.45, 7) is 12.5. The molecule has 0 radical (unpaired) electrons. The molecule has 0 saturated heterocycles. The first-order chi connectivity index (χ1) is 8.41. The molecular formula is C14H26N4. The summed E-state index contributed by atoms with van der Waals surface area (Å²) in [5.74, 6) is 2.52. The van der Waals surface area contributed by atoms with Gasteiger partial charge in [-0.25, -0.2) is 9.97 Å². The summed E-state index contributed by atoms with van der Waals surface area (Å²) in [6, 6.07) is 0.433. The van der Waals surface area contributed by atoms with Crippen LogP contribution < -0.4 is 10.2 Å². The van der Waals surface area contributed by atoms with Crippen molar-refractivity contribution in [2.24, 2.45) is 5.92 Å². The molecule has 1 N–H and O–H groups in total. The summed E-state index contributed by atoms with van der Waals surface area (Å²) < 4.78 is 0. The maximum Gasteiger partial charge on any atom is 0.136 e. The highest BCUT2D eigenvalue weighted by atomic mass is 15.2. The Kier molecular flexibility index (Phi) is 5.54. The van der Waals surface area contributed by atoms with Gasteiger partial charge in [0.2, 0.25) is 0 Å². The number of hydrogen-bond donors (Lipinski definition) is 1. The van der Waals surface area contributed by atoms with Crippen LogP contribution in [0.15, 0.2) is 6.20 Å². The van der Waals surface area contributed by atoms with Crippen LogP contribution >= 0.6 is 0 Å². The van der Waals surface area contributed by atoms with Gasteiger partial charge in [0.25, 0.3) is 0 Å². The van der Waals surface area contributed by atoms with Crippen LogP contribution in [0.25, 0.3) is 0 Å². The average Bonchev–Trinajstić information content (AvgIpc) is 2.29. The molecule has 0 amide bonds. The van der Waals surface area contributed by atoms with Crippen molar-refractivity contribution in [3.05, 3.63) is 17.6 Å². The van der Waals surface area contributed by atoms with Crippen molar-refractivity contribution in [1.82, 2.24) is 15.3 Å². The molecule has 1 aromatic heterocycles. The van der Waals surface area contributed by atoms with E-state index in [0.29, 0.717) is 12.0 Å². The molecule has 0 aromatic carbocycles. The van der Waals surface area contributed by atoms with Crippen LogP contribution in [0.2, 0.25) is 0 Å². The molecule has 102 valence electrons. The zero-order chi connectivity index (χ0) is 13.7. The lowest BCUT2D eigenvalue weighted by Gasteiger charge is -2.25. The van der Waals surface area contributed by atoms with E-state index in [1.807, 2.05) is 13.1 Å². The summed E-state index contributed by atoms with van der Waals surface area (Å²) >= 11 is 0. The fraction of sp³-hybridized carbons (Fsp3) is 0.714. The first-order valence-corrected chi connectivity index (χ1v) is 6.68. The maximum absolute atomic E-state index is 4.57. The highest BCUT2D eigenvalue weighted by molar-refractivity contribution is 5.46. The van der Waals surface area contributed by atoms with E-state index in [0.717, 1.165) is 30.3 Å². The monoisotopic (exact) mass is 250 g/mol. The van der Waals surface area contributed by atoms with E-state index in [1.165, 1.54) is 0 Å². The molecule has 4 heteroatoms. The summed E-state index contributed by atoms with van der Waals surface area (Å²) in [7, 11) is 2.08. The Morgan fingerprint density at radius 2 is 1.94 bits per heavy atom. The van der Waals surface area contributed by atoms with E-state index in [4.69, 9.17) is 0 Å². The fourth-order valence-corrected chi connectivity index (χ4v) is 1.65.